The predicted octanol–water partition coefficient (Wildman–Crippen LogP) is 2.51. The second-order valence-corrected chi connectivity index (χ2v) is 4.17. The summed E-state index contributed by atoms with van der Waals surface area (Å²) in [7, 11) is 2.03. The first-order valence-corrected chi connectivity index (χ1v) is 6.17. The fraction of sp³-hybridized carbons (Fsp3) is 0.500. The van der Waals surface area contributed by atoms with Gasteiger partial charge in [-0.25, -0.2) is 0 Å². The van der Waals surface area contributed by atoms with Crippen LogP contribution in [-0.2, 0) is 6.54 Å². The monoisotopic (exact) mass is 231 g/mol. The second-order valence-electron chi connectivity index (χ2n) is 4.17. The van der Waals surface area contributed by atoms with Gasteiger partial charge < -0.3 is 10.2 Å². The summed E-state index contributed by atoms with van der Waals surface area (Å²) < 4.78 is 0. The van der Waals surface area contributed by atoms with Gasteiger partial charge in [-0.1, -0.05) is 19.9 Å². The van der Waals surface area contributed by atoms with Crippen LogP contribution in [0.3, 0.4) is 0 Å². The SMILES string of the molecule is CCCN(C)c1ccc(CNCC)cc1C#N. The van der Waals surface area contributed by atoms with E-state index in [0.717, 1.165) is 42.9 Å². The average Bonchev–Trinajstić information content (AvgIpc) is 2.36. The van der Waals surface area contributed by atoms with Crippen molar-refractivity contribution in [2.75, 3.05) is 25.0 Å². The molecule has 1 rings (SSSR count). The summed E-state index contributed by atoms with van der Waals surface area (Å²) in [4.78, 5) is 2.13. The quantitative estimate of drug-likeness (QED) is 0.817. The first-order valence-electron chi connectivity index (χ1n) is 6.17. The minimum absolute atomic E-state index is 0.761. The van der Waals surface area contributed by atoms with Gasteiger partial charge in [0, 0.05) is 20.1 Å². The van der Waals surface area contributed by atoms with E-state index in [4.69, 9.17) is 0 Å². The maximum Gasteiger partial charge on any atom is 0.101 e. The molecule has 0 unspecified atom stereocenters. The Bertz CT molecular complexity index is 393. The molecular weight excluding hydrogens is 210 g/mol. The molecule has 1 aromatic rings. The van der Waals surface area contributed by atoms with Gasteiger partial charge in [0.2, 0.25) is 0 Å². The van der Waals surface area contributed by atoms with Gasteiger partial charge in [0.1, 0.15) is 6.07 Å². The summed E-state index contributed by atoms with van der Waals surface area (Å²) in [5.41, 5.74) is 2.95. The molecule has 0 radical (unpaired) electrons. The van der Waals surface area contributed by atoms with Gasteiger partial charge in [-0.15, -0.1) is 0 Å². The van der Waals surface area contributed by atoms with Crippen molar-refractivity contribution in [3.8, 4) is 6.07 Å². The fourth-order valence-electron chi connectivity index (χ4n) is 1.84. The molecular formula is C14H21N3. The standard InChI is InChI=1S/C14H21N3/c1-4-8-17(3)14-7-6-12(11-16-5-2)9-13(14)10-15/h6-7,9,16H,4-5,8,11H2,1-3H3. The van der Waals surface area contributed by atoms with Crippen molar-refractivity contribution in [2.45, 2.75) is 26.8 Å². The molecule has 0 saturated carbocycles. The lowest BCUT2D eigenvalue weighted by Crippen LogP contribution is -2.19. The molecule has 0 aromatic heterocycles. The number of hydrogen-bond donors (Lipinski definition) is 1. The molecule has 0 amide bonds. The van der Waals surface area contributed by atoms with Crippen molar-refractivity contribution in [1.29, 1.82) is 5.26 Å². The molecule has 0 aliphatic heterocycles. The van der Waals surface area contributed by atoms with Crippen LogP contribution >= 0.6 is 0 Å². The number of hydrogen-bond acceptors (Lipinski definition) is 3. The van der Waals surface area contributed by atoms with Gasteiger partial charge >= 0.3 is 0 Å². The summed E-state index contributed by atoms with van der Waals surface area (Å²) in [6.07, 6.45) is 1.08. The molecule has 0 aliphatic rings. The van der Waals surface area contributed by atoms with E-state index < -0.39 is 0 Å². The van der Waals surface area contributed by atoms with Crippen LogP contribution in [0.1, 0.15) is 31.4 Å². The van der Waals surface area contributed by atoms with Gasteiger partial charge in [-0.2, -0.15) is 5.26 Å². The number of anilines is 1. The molecule has 17 heavy (non-hydrogen) atoms. The Balaban J connectivity index is 2.90. The number of nitriles is 1. The summed E-state index contributed by atoms with van der Waals surface area (Å²) in [5, 5.41) is 12.5. The predicted molar refractivity (Wildman–Crippen MR) is 72.1 cm³/mol. The van der Waals surface area contributed by atoms with E-state index in [1.807, 2.05) is 19.2 Å². The third-order valence-corrected chi connectivity index (χ3v) is 2.73. The van der Waals surface area contributed by atoms with Crippen molar-refractivity contribution in [1.82, 2.24) is 5.32 Å². The van der Waals surface area contributed by atoms with Crippen molar-refractivity contribution in [3.05, 3.63) is 29.3 Å². The van der Waals surface area contributed by atoms with E-state index in [1.54, 1.807) is 0 Å². The molecule has 0 bridgehead atoms. The second kappa shape index (κ2) is 6.93. The van der Waals surface area contributed by atoms with Crippen LogP contribution in [-0.4, -0.2) is 20.1 Å². The zero-order valence-electron chi connectivity index (χ0n) is 11.0. The van der Waals surface area contributed by atoms with Crippen molar-refractivity contribution < 1.29 is 0 Å². The summed E-state index contributed by atoms with van der Waals surface area (Å²) >= 11 is 0. The van der Waals surface area contributed by atoms with E-state index in [0.29, 0.717) is 0 Å². The van der Waals surface area contributed by atoms with Crippen molar-refractivity contribution in [3.63, 3.8) is 0 Å². The maximum absolute atomic E-state index is 9.19. The molecule has 0 heterocycles. The van der Waals surface area contributed by atoms with Crippen molar-refractivity contribution in [2.24, 2.45) is 0 Å². The van der Waals surface area contributed by atoms with E-state index >= 15 is 0 Å². The van der Waals surface area contributed by atoms with Crippen LogP contribution in [0.15, 0.2) is 18.2 Å². The maximum atomic E-state index is 9.19. The lowest BCUT2D eigenvalue weighted by molar-refractivity contribution is 0.726. The van der Waals surface area contributed by atoms with Gasteiger partial charge in [0.25, 0.3) is 0 Å². The molecule has 0 spiro atoms. The summed E-state index contributed by atoms with van der Waals surface area (Å²) in [6, 6.07) is 8.39. The van der Waals surface area contributed by atoms with Gasteiger partial charge in [0.05, 0.1) is 11.3 Å². The minimum atomic E-state index is 0.761. The molecule has 3 nitrogen and oxygen atoms in total. The Labute approximate surface area is 104 Å². The molecule has 1 N–H and O–H groups in total. The topological polar surface area (TPSA) is 39.1 Å². The minimum Gasteiger partial charge on any atom is -0.374 e. The highest BCUT2D eigenvalue weighted by Crippen LogP contribution is 2.20. The number of benzene rings is 1. The Morgan fingerprint density at radius 2 is 2.12 bits per heavy atom. The zero-order valence-corrected chi connectivity index (χ0v) is 11.0. The fourth-order valence-corrected chi connectivity index (χ4v) is 1.84. The largest absolute Gasteiger partial charge is 0.374 e. The summed E-state index contributed by atoms with van der Waals surface area (Å²) in [6.45, 7) is 6.96. The van der Waals surface area contributed by atoms with Crippen LogP contribution in [0.2, 0.25) is 0 Å². The highest BCUT2D eigenvalue weighted by atomic mass is 15.1. The van der Waals surface area contributed by atoms with E-state index in [-0.39, 0.29) is 0 Å². The molecule has 1 aromatic carbocycles. The summed E-state index contributed by atoms with van der Waals surface area (Å²) in [5.74, 6) is 0. The molecule has 0 saturated heterocycles. The Kier molecular flexibility index (Phi) is 5.51. The zero-order chi connectivity index (χ0) is 12.7. The van der Waals surface area contributed by atoms with Crippen LogP contribution in [0, 0.1) is 11.3 Å². The number of rotatable bonds is 6. The Morgan fingerprint density at radius 3 is 2.71 bits per heavy atom. The van der Waals surface area contributed by atoms with Crippen LogP contribution in [0.4, 0.5) is 5.69 Å². The molecule has 3 heteroatoms. The molecule has 0 aliphatic carbocycles. The third-order valence-electron chi connectivity index (χ3n) is 2.73. The molecule has 0 atom stereocenters. The first kappa shape index (κ1) is 13.5. The Morgan fingerprint density at radius 1 is 1.35 bits per heavy atom. The van der Waals surface area contributed by atoms with E-state index in [1.165, 1.54) is 0 Å². The van der Waals surface area contributed by atoms with Gasteiger partial charge in [-0.05, 0) is 30.7 Å². The molecule has 92 valence electrons. The van der Waals surface area contributed by atoms with E-state index in [9.17, 15) is 5.26 Å². The average molecular weight is 231 g/mol. The highest BCUT2D eigenvalue weighted by Gasteiger charge is 2.07. The number of nitrogens with zero attached hydrogens (tertiary/aromatic N) is 2. The highest BCUT2D eigenvalue weighted by molar-refractivity contribution is 5.60. The van der Waals surface area contributed by atoms with Crippen LogP contribution in [0.5, 0.6) is 0 Å². The lowest BCUT2D eigenvalue weighted by atomic mass is 10.1. The smallest absolute Gasteiger partial charge is 0.101 e. The Hall–Kier alpha value is -1.53. The molecule has 0 fully saturated rings. The lowest BCUT2D eigenvalue weighted by Gasteiger charge is -2.20. The van der Waals surface area contributed by atoms with Gasteiger partial charge in [0.15, 0.2) is 0 Å². The number of nitrogens with one attached hydrogen (secondary N) is 1. The third kappa shape index (κ3) is 3.76. The van der Waals surface area contributed by atoms with Crippen LogP contribution < -0.4 is 10.2 Å². The first-order chi connectivity index (χ1) is 8.22. The van der Waals surface area contributed by atoms with E-state index in [2.05, 4.69) is 36.2 Å². The normalized spacial score (nSPS) is 10.0. The van der Waals surface area contributed by atoms with Crippen molar-refractivity contribution >= 4 is 5.69 Å². The van der Waals surface area contributed by atoms with Gasteiger partial charge in [-0.3, -0.25) is 0 Å². The van der Waals surface area contributed by atoms with Crippen LogP contribution in [0.25, 0.3) is 0 Å².